The minimum atomic E-state index is 0.535. The lowest BCUT2D eigenvalue weighted by Gasteiger charge is -2.22. The highest BCUT2D eigenvalue weighted by atomic mass is 14.2. The normalized spacial score (nSPS) is 12.1. The Balaban J connectivity index is 1.65. The standard InChI is InChI=1S/C57H92/c1-5-8-11-13-15-17-19-21-23-25-27-29-31-33-35-37-42-53-44-39-46-56(49-53)50-55(41-10-7-3)48-52(4)57-47-40-45-54(51-57)43-38-36-34-32-30-28-26-24-22-20-18-16-14-12-9-6-2/h39-40,44-47,49,51-52,55H,5-36,41,48,50H2,1-4H3. The summed E-state index contributed by atoms with van der Waals surface area (Å²) in [4.78, 5) is 0. The smallest absolute Gasteiger partial charge is 0.0248 e. The SMILES string of the molecule is CCCCCCCCCCCCCCCCC#Cc1cccc(CC(CCCC)CC(C)c2cccc(C#CCCCCCCCCCCCCCCCC)c2)c1. The lowest BCUT2D eigenvalue weighted by atomic mass is 9.83. The van der Waals surface area contributed by atoms with Crippen LogP contribution in [-0.4, -0.2) is 0 Å². The molecule has 0 amide bonds. The zero-order chi connectivity index (χ0) is 40.7. The number of hydrogen-bond acceptors (Lipinski definition) is 0. The minimum Gasteiger partial charge on any atom is -0.0979 e. The maximum absolute atomic E-state index is 3.51. The Morgan fingerprint density at radius 3 is 1.25 bits per heavy atom. The largest absolute Gasteiger partial charge is 0.0979 e. The van der Waals surface area contributed by atoms with Gasteiger partial charge >= 0.3 is 0 Å². The maximum Gasteiger partial charge on any atom is 0.0248 e. The molecule has 2 aromatic rings. The van der Waals surface area contributed by atoms with E-state index in [0.717, 1.165) is 19.3 Å². The highest BCUT2D eigenvalue weighted by Gasteiger charge is 2.16. The molecule has 2 aromatic carbocycles. The van der Waals surface area contributed by atoms with Crippen molar-refractivity contribution in [2.24, 2.45) is 5.92 Å². The van der Waals surface area contributed by atoms with Crippen molar-refractivity contribution in [1.82, 2.24) is 0 Å². The lowest BCUT2D eigenvalue weighted by molar-refractivity contribution is 0.403. The van der Waals surface area contributed by atoms with Crippen LogP contribution in [0.1, 0.15) is 274 Å². The van der Waals surface area contributed by atoms with E-state index < -0.39 is 0 Å². The van der Waals surface area contributed by atoms with Crippen LogP contribution >= 0.6 is 0 Å². The summed E-state index contributed by atoms with van der Waals surface area (Å²) in [5.74, 6) is 15.2. The Labute approximate surface area is 357 Å². The molecule has 2 atom stereocenters. The molecule has 0 aliphatic rings. The first-order chi connectivity index (χ1) is 28.2. The summed E-state index contributed by atoms with van der Waals surface area (Å²) >= 11 is 0. The molecule has 0 aliphatic heterocycles. The van der Waals surface area contributed by atoms with Gasteiger partial charge in [0.2, 0.25) is 0 Å². The Morgan fingerprint density at radius 1 is 0.421 bits per heavy atom. The molecule has 0 saturated carbocycles. The van der Waals surface area contributed by atoms with E-state index in [0.29, 0.717) is 11.8 Å². The van der Waals surface area contributed by atoms with Crippen LogP contribution in [0.4, 0.5) is 0 Å². The molecule has 0 saturated heterocycles. The summed E-state index contributed by atoms with van der Waals surface area (Å²) in [5.41, 5.74) is 5.29. The first kappa shape index (κ1) is 50.7. The molecule has 0 aromatic heterocycles. The van der Waals surface area contributed by atoms with Gasteiger partial charge in [0, 0.05) is 24.0 Å². The predicted molar refractivity (Wildman–Crippen MR) is 256 cm³/mol. The molecular weight excluding hydrogens is 685 g/mol. The third kappa shape index (κ3) is 29.4. The van der Waals surface area contributed by atoms with Gasteiger partial charge in [0.05, 0.1) is 0 Å². The summed E-state index contributed by atoms with van der Waals surface area (Å²) in [5, 5.41) is 0. The molecule has 0 aliphatic carbocycles. The van der Waals surface area contributed by atoms with Crippen molar-refractivity contribution in [3.8, 4) is 23.7 Å². The van der Waals surface area contributed by atoms with Gasteiger partial charge in [-0.25, -0.2) is 0 Å². The maximum atomic E-state index is 3.51. The predicted octanol–water partition coefficient (Wildman–Crippen LogP) is 18.7. The van der Waals surface area contributed by atoms with E-state index in [9.17, 15) is 0 Å². The summed E-state index contributed by atoms with van der Waals surface area (Å²) < 4.78 is 0. The van der Waals surface area contributed by atoms with Gasteiger partial charge in [0.15, 0.2) is 0 Å². The topological polar surface area (TPSA) is 0 Å². The van der Waals surface area contributed by atoms with E-state index in [1.807, 2.05) is 0 Å². The van der Waals surface area contributed by atoms with Crippen LogP contribution < -0.4 is 0 Å². The van der Waals surface area contributed by atoms with Gasteiger partial charge in [-0.3, -0.25) is 0 Å². The molecule has 0 fully saturated rings. The quantitative estimate of drug-likeness (QED) is 0.0478. The van der Waals surface area contributed by atoms with Gasteiger partial charge in [-0.05, 0) is 72.9 Å². The summed E-state index contributed by atoms with van der Waals surface area (Å²) in [6.07, 6.45) is 47.7. The molecule has 57 heavy (non-hydrogen) atoms. The summed E-state index contributed by atoms with van der Waals surface area (Å²) in [7, 11) is 0. The molecular formula is C57H92. The van der Waals surface area contributed by atoms with E-state index in [1.165, 1.54) is 228 Å². The highest BCUT2D eigenvalue weighted by Crippen LogP contribution is 2.29. The number of unbranched alkanes of at least 4 members (excludes halogenated alkanes) is 29. The van der Waals surface area contributed by atoms with E-state index in [1.54, 1.807) is 0 Å². The Hall–Kier alpha value is -2.44. The molecule has 0 radical (unpaired) electrons. The molecule has 0 bridgehead atoms. The van der Waals surface area contributed by atoms with Crippen LogP contribution in [0.5, 0.6) is 0 Å². The third-order valence-electron chi connectivity index (χ3n) is 12.3. The van der Waals surface area contributed by atoms with Crippen molar-refractivity contribution in [3.05, 3.63) is 70.8 Å². The van der Waals surface area contributed by atoms with Crippen LogP contribution in [0, 0.1) is 29.6 Å². The monoisotopic (exact) mass is 777 g/mol. The number of hydrogen-bond donors (Lipinski definition) is 0. The molecule has 0 N–H and O–H groups in total. The van der Waals surface area contributed by atoms with Crippen LogP contribution in [0.2, 0.25) is 0 Å². The molecule has 2 rings (SSSR count). The zero-order valence-corrected chi connectivity index (χ0v) is 38.5. The van der Waals surface area contributed by atoms with Gasteiger partial charge in [-0.15, -0.1) is 0 Å². The van der Waals surface area contributed by atoms with Crippen molar-refractivity contribution in [2.45, 2.75) is 258 Å². The molecule has 0 nitrogen and oxygen atoms in total. The summed E-state index contributed by atoms with van der Waals surface area (Å²) in [6, 6.07) is 18.3. The lowest BCUT2D eigenvalue weighted by Crippen LogP contribution is -2.09. The zero-order valence-electron chi connectivity index (χ0n) is 38.5. The fraction of sp³-hybridized carbons (Fsp3) is 0.719. The Bertz CT molecular complexity index is 1310. The van der Waals surface area contributed by atoms with Crippen molar-refractivity contribution < 1.29 is 0 Å². The second kappa shape index (κ2) is 37.8. The van der Waals surface area contributed by atoms with Crippen molar-refractivity contribution >= 4 is 0 Å². The van der Waals surface area contributed by atoms with Crippen LogP contribution in [-0.2, 0) is 6.42 Å². The van der Waals surface area contributed by atoms with Crippen LogP contribution in [0.15, 0.2) is 48.5 Å². The number of benzene rings is 2. The first-order valence-electron chi connectivity index (χ1n) is 25.3. The molecule has 0 heterocycles. The van der Waals surface area contributed by atoms with E-state index in [-0.39, 0.29) is 0 Å². The number of rotatable bonds is 36. The van der Waals surface area contributed by atoms with E-state index >= 15 is 0 Å². The fourth-order valence-corrected chi connectivity index (χ4v) is 8.61. The highest BCUT2D eigenvalue weighted by molar-refractivity contribution is 5.39. The Morgan fingerprint density at radius 2 is 0.807 bits per heavy atom. The Kier molecular flexibility index (Phi) is 33.6. The average Bonchev–Trinajstić information content (AvgIpc) is 3.22. The molecule has 0 spiro atoms. The van der Waals surface area contributed by atoms with E-state index in [4.69, 9.17) is 0 Å². The van der Waals surface area contributed by atoms with Crippen molar-refractivity contribution in [3.63, 3.8) is 0 Å². The van der Waals surface area contributed by atoms with Crippen LogP contribution in [0.3, 0.4) is 0 Å². The summed E-state index contributed by atoms with van der Waals surface area (Å²) in [6.45, 7) is 9.36. The second-order valence-corrected chi connectivity index (χ2v) is 18.0. The van der Waals surface area contributed by atoms with E-state index in [2.05, 4.69) is 99.9 Å². The van der Waals surface area contributed by atoms with Crippen LogP contribution in [0.25, 0.3) is 0 Å². The van der Waals surface area contributed by atoms with Crippen molar-refractivity contribution in [2.75, 3.05) is 0 Å². The average molecular weight is 777 g/mol. The fourth-order valence-electron chi connectivity index (χ4n) is 8.61. The molecule has 0 heteroatoms. The van der Waals surface area contributed by atoms with Gasteiger partial charge in [-0.2, -0.15) is 0 Å². The third-order valence-corrected chi connectivity index (χ3v) is 12.3. The van der Waals surface area contributed by atoms with Gasteiger partial charge in [-0.1, -0.05) is 262 Å². The molecule has 2 unspecified atom stereocenters. The molecule has 320 valence electrons. The second-order valence-electron chi connectivity index (χ2n) is 18.0. The van der Waals surface area contributed by atoms with Gasteiger partial charge in [0.1, 0.15) is 0 Å². The van der Waals surface area contributed by atoms with Crippen molar-refractivity contribution in [1.29, 1.82) is 0 Å². The van der Waals surface area contributed by atoms with Gasteiger partial charge < -0.3 is 0 Å². The minimum absolute atomic E-state index is 0.535. The van der Waals surface area contributed by atoms with Gasteiger partial charge in [0.25, 0.3) is 0 Å². The first-order valence-corrected chi connectivity index (χ1v) is 25.3.